The van der Waals surface area contributed by atoms with E-state index in [4.69, 9.17) is 16.0 Å². The largest absolute Gasteiger partial charge is 0.467 e. The average Bonchev–Trinajstić information content (AvgIpc) is 2.97. The van der Waals surface area contributed by atoms with Crippen LogP contribution in [0.5, 0.6) is 0 Å². The van der Waals surface area contributed by atoms with Gasteiger partial charge in [-0.25, -0.2) is 4.39 Å². The third-order valence-electron chi connectivity index (χ3n) is 3.59. The van der Waals surface area contributed by atoms with Crippen LogP contribution in [0.4, 0.5) is 4.39 Å². The van der Waals surface area contributed by atoms with Crippen molar-refractivity contribution in [3.8, 4) is 0 Å². The van der Waals surface area contributed by atoms with Crippen molar-refractivity contribution in [1.82, 2.24) is 10.2 Å². The summed E-state index contributed by atoms with van der Waals surface area (Å²) in [6, 6.07) is 8.27. The summed E-state index contributed by atoms with van der Waals surface area (Å²) in [5.41, 5.74) is 0.880. The van der Waals surface area contributed by atoms with Crippen LogP contribution >= 0.6 is 24.0 Å². The summed E-state index contributed by atoms with van der Waals surface area (Å²) in [6.07, 6.45) is 1.65. The monoisotopic (exact) mass is 330 g/mol. The second-order valence-electron chi connectivity index (χ2n) is 4.87. The Bertz CT molecular complexity index is 571. The molecule has 1 aromatic carbocycles. The van der Waals surface area contributed by atoms with Gasteiger partial charge in [0.2, 0.25) is 0 Å². The molecule has 1 aliphatic heterocycles. The Morgan fingerprint density at radius 3 is 2.62 bits per heavy atom. The fraction of sp³-hybridized carbons (Fsp3) is 0.333. The van der Waals surface area contributed by atoms with E-state index in [9.17, 15) is 4.39 Å². The lowest BCUT2D eigenvalue weighted by Gasteiger charge is -2.34. The van der Waals surface area contributed by atoms with Crippen molar-refractivity contribution in [2.45, 2.75) is 6.04 Å². The van der Waals surface area contributed by atoms with Gasteiger partial charge in [0.05, 0.1) is 12.3 Å². The molecule has 6 heteroatoms. The number of nitrogens with zero attached hydrogens (tertiary/aromatic N) is 1. The highest BCUT2D eigenvalue weighted by Crippen LogP contribution is 2.34. The first-order chi connectivity index (χ1) is 9.75. The van der Waals surface area contributed by atoms with Gasteiger partial charge in [-0.15, -0.1) is 12.4 Å². The molecule has 1 N–H and O–H groups in total. The Hall–Kier alpha value is -1.07. The van der Waals surface area contributed by atoms with E-state index in [1.54, 1.807) is 12.3 Å². The van der Waals surface area contributed by atoms with E-state index in [0.717, 1.165) is 37.5 Å². The van der Waals surface area contributed by atoms with Crippen LogP contribution in [0.3, 0.4) is 0 Å². The highest BCUT2D eigenvalue weighted by Gasteiger charge is 2.27. The zero-order valence-corrected chi connectivity index (χ0v) is 13.0. The van der Waals surface area contributed by atoms with Crippen LogP contribution in [-0.4, -0.2) is 31.1 Å². The standard InChI is InChI=1S/C15H16ClFN2O.ClH/c16-13-10-11(17)3-4-12(13)15(14-2-1-9-20-14)19-7-5-18-6-8-19;/h1-4,9-10,15,18H,5-8H2;1H/t15-;/m1./s1. The van der Waals surface area contributed by atoms with Gasteiger partial charge in [-0.2, -0.15) is 0 Å². The molecule has 0 radical (unpaired) electrons. The van der Waals surface area contributed by atoms with E-state index in [1.165, 1.54) is 12.1 Å². The number of furan rings is 1. The summed E-state index contributed by atoms with van der Waals surface area (Å²) in [6.45, 7) is 3.66. The lowest BCUT2D eigenvalue weighted by atomic mass is 10.0. The lowest BCUT2D eigenvalue weighted by Crippen LogP contribution is -2.45. The average molecular weight is 331 g/mol. The summed E-state index contributed by atoms with van der Waals surface area (Å²) in [7, 11) is 0. The third kappa shape index (κ3) is 3.58. The fourth-order valence-electron chi connectivity index (χ4n) is 2.64. The molecule has 1 aliphatic rings. The lowest BCUT2D eigenvalue weighted by molar-refractivity contribution is 0.180. The Labute approximate surface area is 134 Å². The first-order valence-corrected chi connectivity index (χ1v) is 7.06. The van der Waals surface area contributed by atoms with Crippen molar-refractivity contribution < 1.29 is 8.81 Å². The van der Waals surface area contributed by atoms with Crippen molar-refractivity contribution in [2.24, 2.45) is 0 Å². The SMILES string of the molecule is Cl.Fc1ccc([C@H](c2ccco2)N2CCNCC2)c(Cl)c1. The zero-order valence-electron chi connectivity index (χ0n) is 11.4. The van der Waals surface area contributed by atoms with Gasteiger partial charge < -0.3 is 9.73 Å². The molecule has 1 fully saturated rings. The zero-order chi connectivity index (χ0) is 13.9. The molecule has 2 heterocycles. The van der Waals surface area contributed by atoms with Crippen LogP contribution in [0.1, 0.15) is 17.4 Å². The molecule has 1 aromatic heterocycles. The number of rotatable bonds is 3. The molecule has 0 saturated carbocycles. The minimum atomic E-state index is -0.322. The molecular formula is C15H17Cl2FN2O. The van der Waals surface area contributed by atoms with Gasteiger partial charge in [-0.05, 0) is 29.8 Å². The van der Waals surface area contributed by atoms with E-state index >= 15 is 0 Å². The van der Waals surface area contributed by atoms with Gasteiger partial charge in [-0.3, -0.25) is 4.90 Å². The summed E-state index contributed by atoms with van der Waals surface area (Å²) < 4.78 is 18.8. The van der Waals surface area contributed by atoms with Crippen molar-refractivity contribution in [2.75, 3.05) is 26.2 Å². The first kappa shape index (κ1) is 16.3. The number of hydrogen-bond donors (Lipinski definition) is 1. The van der Waals surface area contributed by atoms with Crippen molar-refractivity contribution in [3.05, 3.63) is 58.8 Å². The highest BCUT2D eigenvalue weighted by molar-refractivity contribution is 6.31. The normalized spacial score (nSPS) is 17.2. The molecule has 0 bridgehead atoms. The predicted octanol–water partition coefficient (Wildman–Crippen LogP) is 3.49. The number of halogens is 3. The minimum absolute atomic E-state index is 0. The molecule has 1 saturated heterocycles. The van der Waals surface area contributed by atoms with E-state index in [-0.39, 0.29) is 24.3 Å². The maximum Gasteiger partial charge on any atom is 0.125 e. The topological polar surface area (TPSA) is 28.4 Å². The molecule has 3 rings (SSSR count). The van der Waals surface area contributed by atoms with E-state index in [2.05, 4.69) is 10.2 Å². The summed E-state index contributed by atoms with van der Waals surface area (Å²) in [5.74, 6) is 0.512. The van der Waals surface area contributed by atoms with Crippen LogP contribution in [-0.2, 0) is 0 Å². The molecule has 1 atom stereocenters. The summed E-state index contributed by atoms with van der Waals surface area (Å²) in [5, 5.41) is 3.76. The van der Waals surface area contributed by atoms with Crippen LogP contribution in [0.2, 0.25) is 5.02 Å². The quantitative estimate of drug-likeness (QED) is 0.933. The summed E-state index contributed by atoms with van der Waals surface area (Å²) >= 11 is 6.24. The van der Waals surface area contributed by atoms with Crippen molar-refractivity contribution in [3.63, 3.8) is 0 Å². The van der Waals surface area contributed by atoms with E-state index in [0.29, 0.717) is 5.02 Å². The van der Waals surface area contributed by atoms with Crippen LogP contribution < -0.4 is 5.32 Å². The highest BCUT2D eigenvalue weighted by atomic mass is 35.5. The molecule has 114 valence electrons. The number of benzene rings is 1. The maximum absolute atomic E-state index is 13.3. The molecule has 0 amide bonds. The van der Waals surface area contributed by atoms with Gasteiger partial charge in [0, 0.05) is 31.2 Å². The Balaban J connectivity index is 0.00000161. The van der Waals surface area contributed by atoms with Gasteiger partial charge >= 0.3 is 0 Å². The molecule has 0 unspecified atom stereocenters. The Morgan fingerprint density at radius 1 is 1.24 bits per heavy atom. The number of nitrogens with one attached hydrogen (secondary N) is 1. The van der Waals surface area contributed by atoms with Gasteiger partial charge in [0.1, 0.15) is 11.6 Å². The van der Waals surface area contributed by atoms with Crippen molar-refractivity contribution >= 4 is 24.0 Å². The van der Waals surface area contributed by atoms with Gasteiger partial charge in [-0.1, -0.05) is 17.7 Å². The second kappa shape index (κ2) is 7.27. The van der Waals surface area contributed by atoms with Crippen LogP contribution in [0.15, 0.2) is 41.0 Å². The molecule has 2 aromatic rings. The van der Waals surface area contributed by atoms with Crippen LogP contribution in [0, 0.1) is 5.82 Å². The van der Waals surface area contributed by atoms with Crippen molar-refractivity contribution in [1.29, 1.82) is 0 Å². The van der Waals surface area contributed by atoms with E-state index in [1.807, 2.05) is 12.1 Å². The van der Waals surface area contributed by atoms with Gasteiger partial charge in [0.15, 0.2) is 0 Å². The first-order valence-electron chi connectivity index (χ1n) is 6.69. The molecule has 21 heavy (non-hydrogen) atoms. The third-order valence-corrected chi connectivity index (χ3v) is 3.91. The number of piperazine rings is 1. The predicted molar refractivity (Wildman–Crippen MR) is 83.7 cm³/mol. The smallest absolute Gasteiger partial charge is 0.125 e. The maximum atomic E-state index is 13.3. The second-order valence-corrected chi connectivity index (χ2v) is 5.28. The molecule has 0 spiro atoms. The molecule has 0 aliphatic carbocycles. The Morgan fingerprint density at radius 2 is 2.00 bits per heavy atom. The Kier molecular flexibility index (Phi) is 5.65. The molecule has 3 nitrogen and oxygen atoms in total. The van der Waals surface area contributed by atoms with Crippen LogP contribution in [0.25, 0.3) is 0 Å². The minimum Gasteiger partial charge on any atom is -0.467 e. The number of hydrogen-bond acceptors (Lipinski definition) is 3. The molecular weight excluding hydrogens is 314 g/mol. The van der Waals surface area contributed by atoms with Gasteiger partial charge in [0.25, 0.3) is 0 Å². The fourth-order valence-corrected chi connectivity index (χ4v) is 2.91. The van der Waals surface area contributed by atoms with E-state index < -0.39 is 0 Å². The summed E-state index contributed by atoms with van der Waals surface area (Å²) in [4.78, 5) is 2.30.